The molecule has 0 aliphatic carbocycles. The van der Waals surface area contributed by atoms with Gasteiger partial charge in [-0.15, -0.1) is 5.10 Å². The molecule has 0 saturated carbocycles. The lowest BCUT2D eigenvalue weighted by Crippen LogP contribution is -2.60. The highest BCUT2D eigenvalue weighted by molar-refractivity contribution is 5.90. The molecule has 2 amide bonds. The number of benzene rings is 1. The molecule has 4 rings (SSSR count). The zero-order chi connectivity index (χ0) is 35.9. The predicted octanol–water partition coefficient (Wildman–Crippen LogP) is -0.199. The second kappa shape index (κ2) is 17.1. The molecule has 1 aromatic carbocycles. The van der Waals surface area contributed by atoms with Crippen LogP contribution >= 0.6 is 0 Å². The Morgan fingerprint density at radius 1 is 1.10 bits per heavy atom. The van der Waals surface area contributed by atoms with Crippen LogP contribution in [0.5, 0.6) is 11.6 Å². The summed E-state index contributed by atoms with van der Waals surface area (Å²) in [7, 11) is 0. The molecule has 2 saturated heterocycles. The van der Waals surface area contributed by atoms with Gasteiger partial charge in [0.05, 0.1) is 19.8 Å². The van der Waals surface area contributed by atoms with Crippen molar-refractivity contribution >= 4 is 11.8 Å². The average molecular weight is 692 g/mol. The number of carbonyl (C=O) groups is 2. The molecule has 0 unspecified atom stereocenters. The van der Waals surface area contributed by atoms with Gasteiger partial charge in [-0.3, -0.25) is 19.6 Å². The van der Waals surface area contributed by atoms with E-state index in [1.807, 2.05) is 39.0 Å². The molecule has 0 spiro atoms. The van der Waals surface area contributed by atoms with Crippen molar-refractivity contribution in [2.45, 2.75) is 96.0 Å². The fourth-order valence-corrected chi connectivity index (χ4v) is 6.13. The molecule has 0 radical (unpaired) electrons. The summed E-state index contributed by atoms with van der Waals surface area (Å²) in [5, 5.41) is 59.6. The molecule has 1 aromatic heterocycles. The number of β-amino-alcohol motifs (C(OH)–C–C–N with tert-alkyl or cyclic N) is 1. The molecular weight excluding hydrogens is 638 g/mol. The van der Waals surface area contributed by atoms with Crippen LogP contribution in [0.1, 0.15) is 68.8 Å². The van der Waals surface area contributed by atoms with Gasteiger partial charge in [0, 0.05) is 56.8 Å². The number of H-pyrrole nitrogens is 1. The third kappa shape index (κ3) is 9.69. The number of aromatic amines is 1. The van der Waals surface area contributed by atoms with Gasteiger partial charge >= 0.3 is 0 Å². The van der Waals surface area contributed by atoms with Gasteiger partial charge < -0.3 is 50.0 Å². The number of nitrogens with one attached hydrogen (secondary N) is 2. The summed E-state index contributed by atoms with van der Waals surface area (Å²) in [6, 6.07) is 5.69. The maximum absolute atomic E-state index is 13.1. The topological polar surface area (TPSA) is 210 Å². The summed E-state index contributed by atoms with van der Waals surface area (Å²) >= 11 is 0. The van der Waals surface area contributed by atoms with E-state index in [0.29, 0.717) is 57.9 Å². The lowest BCUT2D eigenvalue weighted by Gasteiger charge is -2.39. The van der Waals surface area contributed by atoms with Crippen molar-refractivity contribution in [2.75, 3.05) is 52.5 Å². The first-order valence-corrected chi connectivity index (χ1v) is 17.0. The highest BCUT2D eigenvalue weighted by atomic mass is 16.7. The van der Waals surface area contributed by atoms with E-state index in [1.54, 1.807) is 18.7 Å². The number of nitrogens with zero attached hydrogens (tertiary/aromatic N) is 3. The normalized spacial score (nSPS) is 23.5. The van der Waals surface area contributed by atoms with Gasteiger partial charge in [-0.25, -0.2) is 0 Å². The zero-order valence-corrected chi connectivity index (χ0v) is 29.1. The van der Waals surface area contributed by atoms with E-state index in [1.165, 1.54) is 0 Å². The van der Waals surface area contributed by atoms with Crippen LogP contribution in [-0.2, 0) is 20.7 Å². The Morgan fingerprint density at radius 3 is 2.45 bits per heavy atom. The van der Waals surface area contributed by atoms with Crippen LogP contribution in [0.15, 0.2) is 18.2 Å². The summed E-state index contributed by atoms with van der Waals surface area (Å²) in [6.45, 7) is 12.3. The van der Waals surface area contributed by atoms with E-state index in [-0.39, 0.29) is 36.6 Å². The van der Waals surface area contributed by atoms with Crippen LogP contribution in [0.2, 0.25) is 0 Å². The van der Waals surface area contributed by atoms with Gasteiger partial charge in [0.15, 0.2) is 0 Å². The van der Waals surface area contributed by atoms with Crippen LogP contribution in [0, 0.1) is 6.92 Å². The summed E-state index contributed by atoms with van der Waals surface area (Å²) < 4.78 is 17.4. The molecule has 2 aliphatic rings. The number of aryl methyl sites for hydroxylation is 1. The maximum atomic E-state index is 13.1. The Labute approximate surface area is 287 Å². The van der Waals surface area contributed by atoms with E-state index in [2.05, 4.69) is 20.4 Å². The predicted molar refractivity (Wildman–Crippen MR) is 178 cm³/mol. The first-order valence-electron chi connectivity index (χ1n) is 17.0. The number of amides is 2. The first-order chi connectivity index (χ1) is 23.2. The Kier molecular flexibility index (Phi) is 13.4. The minimum Gasteiger partial charge on any atom is -0.494 e. The van der Waals surface area contributed by atoms with Gasteiger partial charge in [0.2, 0.25) is 24.0 Å². The number of piperazine rings is 1. The number of hydrogen-bond acceptors (Lipinski definition) is 12. The number of rotatable bonds is 15. The van der Waals surface area contributed by atoms with Crippen molar-refractivity contribution in [3.8, 4) is 11.6 Å². The Balaban J connectivity index is 1.29. The fraction of sp³-hybridized carbons (Fsp3) is 0.676. The minimum absolute atomic E-state index is 0.0616. The number of aliphatic hydroxyl groups excluding tert-OH is 5. The summed E-state index contributed by atoms with van der Waals surface area (Å²) in [5.74, 6) is 0.532. The van der Waals surface area contributed by atoms with E-state index in [4.69, 9.17) is 19.3 Å². The Morgan fingerprint density at radius 2 is 1.82 bits per heavy atom. The number of aliphatic hydroxyl groups is 5. The molecule has 3 heterocycles. The van der Waals surface area contributed by atoms with Gasteiger partial charge in [-0.1, -0.05) is 19.9 Å². The lowest BCUT2D eigenvalue weighted by molar-refractivity contribution is -0.278. The number of aromatic nitrogens is 2. The third-order valence-corrected chi connectivity index (χ3v) is 9.08. The van der Waals surface area contributed by atoms with Crippen LogP contribution in [0.25, 0.3) is 0 Å². The van der Waals surface area contributed by atoms with E-state index < -0.39 is 42.9 Å². The minimum atomic E-state index is -1.57. The zero-order valence-electron chi connectivity index (χ0n) is 29.1. The van der Waals surface area contributed by atoms with Crippen molar-refractivity contribution in [3.63, 3.8) is 0 Å². The van der Waals surface area contributed by atoms with Crippen molar-refractivity contribution in [1.29, 1.82) is 0 Å². The van der Waals surface area contributed by atoms with E-state index in [0.717, 1.165) is 22.4 Å². The Bertz CT molecular complexity index is 1390. The van der Waals surface area contributed by atoms with E-state index in [9.17, 15) is 30.0 Å². The number of hydrogen-bond donors (Lipinski definition) is 7. The average Bonchev–Trinajstić information content (AvgIpc) is 3.46. The van der Waals surface area contributed by atoms with Crippen molar-refractivity contribution < 1.29 is 49.3 Å². The van der Waals surface area contributed by atoms with E-state index >= 15 is 0 Å². The Hall–Kier alpha value is -3.31. The van der Waals surface area contributed by atoms with Crippen molar-refractivity contribution in [2.24, 2.45) is 0 Å². The van der Waals surface area contributed by atoms with Gasteiger partial charge in [-0.05, 0) is 56.4 Å². The van der Waals surface area contributed by atoms with Crippen molar-refractivity contribution in [3.05, 3.63) is 40.6 Å². The maximum Gasteiger partial charge on any atom is 0.247 e. The number of ether oxygens (including phenoxy) is 3. The molecular formula is C34H53N5O10. The van der Waals surface area contributed by atoms with Gasteiger partial charge in [-0.2, -0.15) is 0 Å². The van der Waals surface area contributed by atoms with Crippen LogP contribution < -0.4 is 14.8 Å². The second-order valence-corrected chi connectivity index (χ2v) is 13.6. The highest BCUT2D eigenvalue weighted by Gasteiger charge is 2.45. The van der Waals surface area contributed by atoms with Crippen LogP contribution in [0.4, 0.5) is 0 Å². The molecule has 15 heteroatoms. The first kappa shape index (κ1) is 38.5. The van der Waals surface area contributed by atoms with Crippen molar-refractivity contribution in [1.82, 2.24) is 25.3 Å². The summed E-state index contributed by atoms with van der Waals surface area (Å²) in [4.78, 5) is 29.6. The second-order valence-electron chi connectivity index (χ2n) is 13.6. The third-order valence-electron chi connectivity index (χ3n) is 9.08. The molecule has 2 fully saturated rings. The molecule has 2 aliphatic heterocycles. The highest BCUT2D eigenvalue weighted by Crippen LogP contribution is 2.32. The standard InChI is InChI=1S/C34H53N5O10/c1-20(2)27-24(31(37-36-27)49-32-30(45)29(44)28(43)25(19-41)48-32)18-22-8-9-23(17-21(22)3)47-16-6-7-26(42)35-34(4,5)33(46)39-12-10-38(11-13-39)14-15-40/h8-9,17,20,25,28-30,32,40-41,43-45H,6-7,10-16,18-19H2,1-5H3,(H,35,42)(H,36,37)/t25-,28+,29+,30-,32+/m1/s1. The van der Waals surface area contributed by atoms with Gasteiger partial charge in [0.1, 0.15) is 35.7 Å². The molecule has 274 valence electrons. The summed E-state index contributed by atoms with van der Waals surface area (Å²) in [5.41, 5.74) is 2.44. The van der Waals surface area contributed by atoms with Gasteiger partial charge in [0.25, 0.3) is 0 Å². The number of carbonyl (C=O) groups excluding carboxylic acids is 2. The summed E-state index contributed by atoms with van der Waals surface area (Å²) in [6.07, 6.45) is -6.01. The molecule has 49 heavy (non-hydrogen) atoms. The smallest absolute Gasteiger partial charge is 0.247 e. The van der Waals surface area contributed by atoms with Crippen LogP contribution in [0.3, 0.4) is 0 Å². The lowest BCUT2D eigenvalue weighted by atomic mass is 9.96. The molecule has 0 bridgehead atoms. The quantitative estimate of drug-likeness (QED) is 0.121. The van der Waals surface area contributed by atoms with Crippen LogP contribution in [-0.4, -0.2) is 146 Å². The largest absolute Gasteiger partial charge is 0.494 e. The molecule has 7 N–H and O–H groups in total. The molecule has 15 nitrogen and oxygen atoms in total. The molecule has 5 atom stereocenters. The SMILES string of the molecule is Cc1cc(OCCCC(=O)NC(C)(C)C(=O)N2CCN(CCO)CC2)ccc1Cc1c(O[C@@H]2O[C@H](CO)[C@H](O)[C@H](O)[C@H]2O)n[nH]c1C(C)C. The molecule has 2 aromatic rings. The monoisotopic (exact) mass is 691 g/mol. The fourth-order valence-electron chi connectivity index (χ4n) is 6.13.